The SMILES string of the molecule is C=Cc1cc(F)c2nc(C)n(C(C)C)c2c1. The molecular formula is C13H15FN2. The summed E-state index contributed by atoms with van der Waals surface area (Å²) in [6, 6.07) is 3.65. The standard InChI is InChI=1S/C13H15FN2/c1-5-10-6-11(14)13-12(7-10)16(8(2)3)9(4)15-13/h5-8H,1H2,2-4H3. The lowest BCUT2D eigenvalue weighted by Crippen LogP contribution is -2.02. The summed E-state index contributed by atoms with van der Waals surface area (Å²) in [5.74, 6) is 0.556. The van der Waals surface area contributed by atoms with Crippen molar-refractivity contribution >= 4 is 17.1 Å². The predicted molar refractivity (Wildman–Crippen MR) is 64.9 cm³/mol. The van der Waals surface area contributed by atoms with Crippen LogP contribution in [-0.2, 0) is 0 Å². The highest BCUT2D eigenvalue weighted by molar-refractivity contribution is 5.80. The van der Waals surface area contributed by atoms with Gasteiger partial charge in [0, 0.05) is 6.04 Å². The summed E-state index contributed by atoms with van der Waals surface area (Å²) in [5, 5.41) is 0. The van der Waals surface area contributed by atoms with E-state index in [1.54, 1.807) is 6.08 Å². The number of imidazole rings is 1. The number of hydrogen-bond donors (Lipinski definition) is 0. The maximum atomic E-state index is 13.8. The second-order valence-electron chi connectivity index (χ2n) is 4.20. The largest absolute Gasteiger partial charge is 0.326 e. The minimum Gasteiger partial charge on any atom is -0.326 e. The van der Waals surface area contributed by atoms with Gasteiger partial charge in [0.2, 0.25) is 0 Å². The Bertz CT molecular complexity index is 553. The summed E-state index contributed by atoms with van der Waals surface area (Å²) in [7, 11) is 0. The third kappa shape index (κ3) is 1.52. The number of aryl methyl sites for hydroxylation is 1. The third-order valence-electron chi connectivity index (χ3n) is 2.70. The minimum absolute atomic E-state index is 0.268. The van der Waals surface area contributed by atoms with E-state index in [2.05, 4.69) is 25.4 Å². The molecule has 1 aromatic carbocycles. The molecule has 0 bridgehead atoms. The van der Waals surface area contributed by atoms with E-state index in [0.717, 1.165) is 16.9 Å². The Morgan fingerprint density at radius 3 is 2.69 bits per heavy atom. The van der Waals surface area contributed by atoms with Gasteiger partial charge in [0.15, 0.2) is 5.82 Å². The van der Waals surface area contributed by atoms with E-state index in [-0.39, 0.29) is 11.9 Å². The average molecular weight is 218 g/mol. The van der Waals surface area contributed by atoms with Crippen molar-refractivity contribution in [3.63, 3.8) is 0 Å². The first-order chi connectivity index (χ1) is 7.54. The Balaban J connectivity index is 2.86. The maximum absolute atomic E-state index is 13.8. The molecule has 1 aromatic heterocycles. The van der Waals surface area contributed by atoms with Crippen LogP contribution in [0.15, 0.2) is 18.7 Å². The molecule has 16 heavy (non-hydrogen) atoms. The number of aromatic nitrogens is 2. The number of halogens is 1. The van der Waals surface area contributed by atoms with E-state index >= 15 is 0 Å². The highest BCUT2D eigenvalue weighted by atomic mass is 19.1. The van der Waals surface area contributed by atoms with E-state index in [4.69, 9.17) is 0 Å². The van der Waals surface area contributed by atoms with Gasteiger partial charge in [-0.2, -0.15) is 0 Å². The van der Waals surface area contributed by atoms with Crippen LogP contribution in [0.1, 0.15) is 31.3 Å². The summed E-state index contributed by atoms with van der Waals surface area (Å²) in [5.41, 5.74) is 2.06. The van der Waals surface area contributed by atoms with Crippen LogP contribution < -0.4 is 0 Å². The molecule has 1 heterocycles. The summed E-state index contributed by atoms with van der Waals surface area (Å²) in [4.78, 5) is 4.26. The molecule has 0 fully saturated rings. The molecule has 2 rings (SSSR count). The molecule has 0 N–H and O–H groups in total. The molecule has 84 valence electrons. The van der Waals surface area contributed by atoms with Gasteiger partial charge in [-0.15, -0.1) is 0 Å². The summed E-state index contributed by atoms with van der Waals surface area (Å²) >= 11 is 0. The van der Waals surface area contributed by atoms with Crippen LogP contribution in [0, 0.1) is 12.7 Å². The molecule has 2 nitrogen and oxygen atoms in total. The zero-order valence-electron chi connectivity index (χ0n) is 9.79. The fourth-order valence-corrected chi connectivity index (χ4v) is 2.06. The van der Waals surface area contributed by atoms with Gasteiger partial charge in [-0.25, -0.2) is 9.37 Å². The van der Waals surface area contributed by atoms with Crippen molar-refractivity contribution in [2.75, 3.05) is 0 Å². The third-order valence-corrected chi connectivity index (χ3v) is 2.70. The van der Waals surface area contributed by atoms with Gasteiger partial charge in [-0.1, -0.05) is 12.7 Å². The molecule has 0 saturated heterocycles. The minimum atomic E-state index is -0.282. The molecule has 2 aromatic rings. The number of hydrogen-bond acceptors (Lipinski definition) is 1. The van der Waals surface area contributed by atoms with Gasteiger partial charge in [-0.3, -0.25) is 0 Å². The molecule has 0 radical (unpaired) electrons. The average Bonchev–Trinajstić information content (AvgIpc) is 2.54. The lowest BCUT2D eigenvalue weighted by atomic mass is 10.2. The highest BCUT2D eigenvalue weighted by Crippen LogP contribution is 2.24. The Labute approximate surface area is 94.4 Å². The predicted octanol–water partition coefficient (Wildman–Crippen LogP) is 3.71. The summed E-state index contributed by atoms with van der Waals surface area (Å²) in [6.07, 6.45) is 1.65. The van der Waals surface area contributed by atoms with Gasteiger partial charge >= 0.3 is 0 Å². The van der Waals surface area contributed by atoms with Crippen LogP contribution in [0.2, 0.25) is 0 Å². The number of nitrogens with zero attached hydrogens (tertiary/aromatic N) is 2. The van der Waals surface area contributed by atoms with Crippen LogP contribution in [0.25, 0.3) is 17.1 Å². The number of rotatable bonds is 2. The molecule has 0 saturated carbocycles. The van der Waals surface area contributed by atoms with Crippen molar-refractivity contribution < 1.29 is 4.39 Å². The summed E-state index contributed by atoms with van der Waals surface area (Å²) < 4.78 is 15.8. The molecule has 0 amide bonds. The Hall–Kier alpha value is -1.64. The molecular weight excluding hydrogens is 203 g/mol. The van der Waals surface area contributed by atoms with Crippen molar-refractivity contribution in [2.45, 2.75) is 26.8 Å². The maximum Gasteiger partial charge on any atom is 0.151 e. The van der Waals surface area contributed by atoms with Crippen molar-refractivity contribution in [1.29, 1.82) is 0 Å². The van der Waals surface area contributed by atoms with Gasteiger partial charge in [0.05, 0.1) is 5.52 Å². The van der Waals surface area contributed by atoms with Crippen LogP contribution in [0.3, 0.4) is 0 Å². The van der Waals surface area contributed by atoms with E-state index in [1.807, 2.05) is 17.6 Å². The van der Waals surface area contributed by atoms with Crippen LogP contribution in [0.4, 0.5) is 4.39 Å². The van der Waals surface area contributed by atoms with Crippen LogP contribution in [-0.4, -0.2) is 9.55 Å². The van der Waals surface area contributed by atoms with Crippen molar-refractivity contribution in [3.05, 3.63) is 35.9 Å². The monoisotopic (exact) mass is 218 g/mol. The van der Waals surface area contributed by atoms with E-state index in [9.17, 15) is 4.39 Å². The first-order valence-corrected chi connectivity index (χ1v) is 5.35. The number of fused-ring (bicyclic) bond motifs is 1. The molecule has 0 aliphatic carbocycles. The van der Waals surface area contributed by atoms with Gasteiger partial charge in [0.25, 0.3) is 0 Å². The number of benzene rings is 1. The Kier molecular flexibility index (Phi) is 2.54. The van der Waals surface area contributed by atoms with Crippen LogP contribution >= 0.6 is 0 Å². The Morgan fingerprint density at radius 1 is 1.44 bits per heavy atom. The van der Waals surface area contributed by atoms with E-state index < -0.39 is 0 Å². The second kappa shape index (κ2) is 3.74. The van der Waals surface area contributed by atoms with Crippen molar-refractivity contribution in [2.24, 2.45) is 0 Å². The topological polar surface area (TPSA) is 17.8 Å². The summed E-state index contributed by atoms with van der Waals surface area (Å²) in [6.45, 7) is 9.68. The lowest BCUT2D eigenvalue weighted by molar-refractivity contribution is 0.600. The van der Waals surface area contributed by atoms with Crippen molar-refractivity contribution in [1.82, 2.24) is 9.55 Å². The first kappa shape index (κ1) is 10.9. The molecule has 3 heteroatoms. The first-order valence-electron chi connectivity index (χ1n) is 5.35. The molecule has 0 unspecified atom stereocenters. The van der Waals surface area contributed by atoms with E-state index in [1.165, 1.54) is 6.07 Å². The lowest BCUT2D eigenvalue weighted by Gasteiger charge is -2.10. The fraction of sp³-hybridized carbons (Fsp3) is 0.308. The molecule has 0 atom stereocenters. The zero-order chi connectivity index (χ0) is 11.9. The molecule has 0 spiro atoms. The molecule has 0 aliphatic rings. The molecule has 0 aliphatic heterocycles. The normalized spacial score (nSPS) is 11.3. The quantitative estimate of drug-likeness (QED) is 0.751. The van der Waals surface area contributed by atoms with Gasteiger partial charge < -0.3 is 4.57 Å². The van der Waals surface area contributed by atoms with Crippen molar-refractivity contribution in [3.8, 4) is 0 Å². The zero-order valence-corrected chi connectivity index (χ0v) is 9.79. The van der Waals surface area contributed by atoms with Crippen LogP contribution in [0.5, 0.6) is 0 Å². The second-order valence-corrected chi connectivity index (χ2v) is 4.20. The van der Waals surface area contributed by atoms with Gasteiger partial charge in [0.1, 0.15) is 11.3 Å². The smallest absolute Gasteiger partial charge is 0.151 e. The Morgan fingerprint density at radius 2 is 2.12 bits per heavy atom. The van der Waals surface area contributed by atoms with Gasteiger partial charge in [-0.05, 0) is 38.5 Å². The van der Waals surface area contributed by atoms with E-state index in [0.29, 0.717) is 5.52 Å². The fourth-order valence-electron chi connectivity index (χ4n) is 2.06. The highest BCUT2D eigenvalue weighted by Gasteiger charge is 2.13.